The maximum Gasteiger partial charge on any atom is 0.261 e. The van der Waals surface area contributed by atoms with Gasteiger partial charge in [-0.2, -0.15) is 0 Å². The molecular formula is C25H27FN2O2S. The lowest BCUT2D eigenvalue weighted by Crippen LogP contribution is -2.36. The van der Waals surface area contributed by atoms with E-state index in [-0.39, 0.29) is 23.5 Å². The molecule has 0 saturated carbocycles. The van der Waals surface area contributed by atoms with Gasteiger partial charge in [0.05, 0.1) is 4.88 Å². The molecule has 0 bridgehead atoms. The number of nitrogens with one attached hydrogen (secondary N) is 1. The van der Waals surface area contributed by atoms with Crippen molar-refractivity contribution in [2.24, 2.45) is 0 Å². The van der Waals surface area contributed by atoms with Gasteiger partial charge in [-0.15, -0.1) is 11.3 Å². The fraction of sp³-hybridized carbons (Fsp3) is 0.360. The van der Waals surface area contributed by atoms with Crippen LogP contribution in [0.2, 0.25) is 0 Å². The van der Waals surface area contributed by atoms with E-state index in [9.17, 15) is 14.0 Å². The van der Waals surface area contributed by atoms with Crippen molar-refractivity contribution < 1.29 is 14.0 Å². The minimum absolute atomic E-state index is 0.0740. The quantitative estimate of drug-likeness (QED) is 0.604. The van der Waals surface area contributed by atoms with Crippen molar-refractivity contribution in [3.8, 4) is 0 Å². The number of thiophene rings is 1. The minimum Gasteiger partial charge on any atom is -0.350 e. The van der Waals surface area contributed by atoms with Crippen LogP contribution in [0, 0.1) is 5.82 Å². The van der Waals surface area contributed by atoms with Crippen molar-refractivity contribution in [1.82, 2.24) is 10.2 Å². The molecular weight excluding hydrogens is 411 g/mol. The molecule has 3 aromatic rings. The summed E-state index contributed by atoms with van der Waals surface area (Å²) in [4.78, 5) is 27.7. The fourth-order valence-corrected chi connectivity index (χ4v) is 5.52. The molecule has 1 N–H and O–H groups in total. The Labute approximate surface area is 186 Å². The Kier molecular flexibility index (Phi) is 5.84. The third kappa shape index (κ3) is 4.35. The highest BCUT2D eigenvalue weighted by Gasteiger charge is 2.32. The average molecular weight is 439 g/mol. The molecule has 4 nitrogen and oxygen atoms in total. The summed E-state index contributed by atoms with van der Waals surface area (Å²) in [5, 5.41) is 4.18. The van der Waals surface area contributed by atoms with Crippen LogP contribution in [0.15, 0.2) is 48.5 Å². The molecule has 1 aliphatic heterocycles. The zero-order valence-electron chi connectivity index (χ0n) is 18.1. The number of fused-ring (bicyclic) bond motifs is 1. The standard InChI is InChI=1S/C25H27FN2O2S/c1-16(29)28-12-11-17(14-28)22-20-9-4-5-10-21(20)31-23(22)24(30)27-15-25(2,3)18-7-6-8-19(26)13-18/h4-10,13,17H,11-12,14-15H2,1-3H3,(H,27,30)/t17-/m0/s1. The van der Waals surface area contributed by atoms with E-state index in [1.807, 2.05) is 43.0 Å². The summed E-state index contributed by atoms with van der Waals surface area (Å²) in [6.07, 6.45) is 0.857. The van der Waals surface area contributed by atoms with Gasteiger partial charge in [0.25, 0.3) is 5.91 Å². The van der Waals surface area contributed by atoms with Gasteiger partial charge in [0, 0.05) is 42.6 Å². The van der Waals surface area contributed by atoms with Crippen LogP contribution in [-0.2, 0) is 10.2 Å². The molecule has 2 amide bonds. The van der Waals surface area contributed by atoms with Gasteiger partial charge >= 0.3 is 0 Å². The molecule has 0 spiro atoms. The predicted molar refractivity (Wildman–Crippen MR) is 123 cm³/mol. The number of likely N-dealkylation sites (tertiary alicyclic amines) is 1. The van der Waals surface area contributed by atoms with Gasteiger partial charge in [-0.1, -0.05) is 44.2 Å². The largest absolute Gasteiger partial charge is 0.350 e. The lowest BCUT2D eigenvalue weighted by Gasteiger charge is -2.26. The number of benzene rings is 2. The number of amides is 2. The summed E-state index contributed by atoms with van der Waals surface area (Å²) < 4.78 is 14.8. The van der Waals surface area contributed by atoms with Crippen LogP contribution in [-0.4, -0.2) is 36.3 Å². The summed E-state index contributed by atoms with van der Waals surface area (Å²) in [5.41, 5.74) is 1.48. The summed E-state index contributed by atoms with van der Waals surface area (Å²) >= 11 is 1.50. The van der Waals surface area contributed by atoms with Crippen molar-refractivity contribution in [3.05, 3.63) is 70.4 Å². The van der Waals surface area contributed by atoms with Crippen molar-refractivity contribution in [1.29, 1.82) is 0 Å². The zero-order valence-corrected chi connectivity index (χ0v) is 18.9. The third-order valence-corrected chi connectivity index (χ3v) is 7.36. The Morgan fingerprint density at radius 3 is 2.68 bits per heavy atom. The molecule has 1 atom stereocenters. The molecule has 1 aromatic heterocycles. The Morgan fingerprint density at radius 1 is 1.19 bits per heavy atom. The summed E-state index contributed by atoms with van der Waals surface area (Å²) in [5.74, 6) is -0.163. The molecule has 1 saturated heterocycles. The topological polar surface area (TPSA) is 49.4 Å². The first kappa shape index (κ1) is 21.5. The third-order valence-electron chi connectivity index (χ3n) is 6.18. The second kappa shape index (κ2) is 8.42. The van der Waals surface area contributed by atoms with Crippen molar-refractivity contribution in [2.75, 3.05) is 19.6 Å². The summed E-state index contributed by atoms with van der Waals surface area (Å²) in [7, 11) is 0. The second-order valence-electron chi connectivity index (χ2n) is 8.87. The highest BCUT2D eigenvalue weighted by molar-refractivity contribution is 7.21. The fourth-order valence-electron chi connectivity index (χ4n) is 4.31. The van der Waals surface area contributed by atoms with Gasteiger partial charge in [0.2, 0.25) is 5.91 Å². The number of rotatable bonds is 5. The average Bonchev–Trinajstić information content (AvgIpc) is 3.37. The van der Waals surface area contributed by atoms with Gasteiger partial charge in [0.15, 0.2) is 0 Å². The Morgan fingerprint density at radius 2 is 1.97 bits per heavy atom. The van der Waals surface area contributed by atoms with Crippen LogP contribution in [0.5, 0.6) is 0 Å². The Balaban J connectivity index is 1.60. The highest BCUT2D eigenvalue weighted by Crippen LogP contribution is 2.40. The Bertz CT molecular complexity index is 1140. The molecule has 2 aromatic carbocycles. The molecule has 6 heteroatoms. The number of halogens is 1. The van der Waals surface area contributed by atoms with Crippen LogP contribution < -0.4 is 5.32 Å². The van der Waals surface area contributed by atoms with E-state index in [4.69, 9.17) is 0 Å². The second-order valence-corrected chi connectivity index (χ2v) is 9.92. The number of carbonyl (C=O) groups excluding carboxylic acids is 2. The molecule has 0 radical (unpaired) electrons. The predicted octanol–water partition coefficient (Wildman–Crippen LogP) is 5.08. The van der Waals surface area contributed by atoms with E-state index in [0.29, 0.717) is 18.0 Å². The van der Waals surface area contributed by atoms with E-state index in [0.717, 1.165) is 34.2 Å². The number of nitrogens with zero attached hydrogens (tertiary/aromatic N) is 1. The summed E-state index contributed by atoms with van der Waals surface area (Å²) in [6.45, 7) is 7.34. The van der Waals surface area contributed by atoms with Crippen LogP contribution in [0.25, 0.3) is 10.1 Å². The van der Waals surface area contributed by atoms with Crippen molar-refractivity contribution >= 4 is 33.2 Å². The van der Waals surface area contributed by atoms with Crippen LogP contribution in [0.1, 0.15) is 53.9 Å². The number of carbonyl (C=O) groups is 2. The van der Waals surface area contributed by atoms with E-state index in [2.05, 4.69) is 11.4 Å². The molecule has 0 aliphatic carbocycles. The lowest BCUT2D eigenvalue weighted by atomic mass is 9.84. The number of hydrogen-bond acceptors (Lipinski definition) is 3. The van der Waals surface area contributed by atoms with Crippen LogP contribution in [0.4, 0.5) is 4.39 Å². The van der Waals surface area contributed by atoms with Crippen LogP contribution in [0.3, 0.4) is 0 Å². The van der Waals surface area contributed by atoms with E-state index < -0.39 is 5.41 Å². The first-order valence-electron chi connectivity index (χ1n) is 10.6. The van der Waals surface area contributed by atoms with Crippen molar-refractivity contribution in [3.63, 3.8) is 0 Å². The van der Waals surface area contributed by atoms with Gasteiger partial charge < -0.3 is 10.2 Å². The van der Waals surface area contributed by atoms with Gasteiger partial charge in [-0.05, 0) is 41.1 Å². The zero-order chi connectivity index (χ0) is 22.2. The monoisotopic (exact) mass is 438 g/mol. The Hall–Kier alpha value is -2.73. The molecule has 162 valence electrons. The molecule has 4 rings (SSSR count). The van der Waals surface area contributed by atoms with Gasteiger partial charge in [-0.25, -0.2) is 4.39 Å². The first-order chi connectivity index (χ1) is 14.8. The smallest absolute Gasteiger partial charge is 0.261 e. The molecule has 1 aliphatic rings. The van der Waals surface area contributed by atoms with Crippen molar-refractivity contribution in [2.45, 2.75) is 38.5 Å². The number of hydrogen-bond donors (Lipinski definition) is 1. The first-order valence-corrected chi connectivity index (χ1v) is 11.4. The maximum absolute atomic E-state index is 13.7. The van der Waals surface area contributed by atoms with E-state index >= 15 is 0 Å². The minimum atomic E-state index is -0.409. The molecule has 31 heavy (non-hydrogen) atoms. The molecule has 0 unspecified atom stereocenters. The van der Waals surface area contributed by atoms with Gasteiger partial charge in [0.1, 0.15) is 5.82 Å². The molecule has 2 heterocycles. The molecule has 1 fully saturated rings. The normalized spacial score (nSPS) is 16.6. The van der Waals surface area contributed by atoms with Crippen LogP contribution >= 0.6 is 11.3 Å². The van der Waals surface area contributed by atoms with Gasteiger partial charge in [-0.3, -0.25) is 9.59 Å². The highest BCUT2D eigenvalue weighted by atomic mass is 32.1. The summed E-state index contributed by atoms with van der Waals surface area (Å²) in [6, 6.07) is 14.6. The SMILES string of the molecule is CC(=O)N1CC[C@H](c2c(C(=O)NCC(C)(C)c3cccc(F)c3)sc3ccccc23)C1. The maximum atomic E-state index is 13.7. The van der Waals surface area contributed by atoms with E-state index in [1.165, 1.54) is 23.5 Å². The lowest BCUT2D eigenvalue weighted by molar-refractivity contribution is -0.127. The van der Waals surface area contributed by atoms with E-state index in [1.54, 1.807) is 13.0 Å².